The van der Waals surface area contributed by atoms with Crippen molar-refractivity contribution in [1.82, 2.24) is 0 Å². The lowest BCUT2D eigenvalue weighted by Gasteiger charge is -2.27. The molecule has 11 heavy (non-hydrogen) atoms. The summed E-state index contributed by atoms with van der Waals surface area (Å²) in [7, 11) is 0. The summed E-state index contributed by atoms with van der Waals surface area (Å²) in [6, 6.07) is 0. The maximum atomic E-state index is 11.9. The molecule has 0 aromatic carbocycles. The van der Waals surface area contributed by atoms with E-state index >= 15 is 0 Å². The van der Waals surface area contributed by atoms with Crippen LogP contribution in [0.15, 0.2) is 0 Å². The second-order valence-electron chi connectivity index (χ2n) is 2.78. The van der Waals surface area contributed by atoms with Gasteiger partial charge in [0.2, 0.25) is 0 Å². The summed E-state index contributed by atoms with van der Waals surface area (Å²) in [6.07, 6.45) is -0.597. The highest BCUT2D eigenvalue weighted by Gasteiger charge is 2.30. The van der Waals surface area contributed by atoms with E-state index in [0.717, 1.165) is 11.5 Å². The largest absolute Gasteiger partial charge is 0.531 e. The predicted molar refractivity (Wildman–Crippen MR) is 42.0 cm³/mol. The summed E-state index contributed by atoms with van der Waals surface area (Å²) in [5.41, 5.74) is 0. The monoisotopic (exact) mass is 185 g/mol. The SMILES string of the molecule is F[B-](F)(F)C[NH+]1CCSCC1. The van der Waals surface area contributed by atoms with Crippen molar-refractivity contribution >= 4 is 18.7 Å². The van der Waals surface area contributed by atoms with Crippen LogP contribution in [0.3, 0.4) is 0 Å². The fourth-order valence-corrected chi connectivity index (χ4v) is 2.26. The van der Waals surface area contributed by atoms with Crippen molar-refractivity contribution in [2.24, 2.45) is 0 Å². The molecule has 0 aliphatic carbocycles. The summed E-state index contributed by atoms with van der Waals surface area (Å²) in [4.78, 5) is 0.705. The molecule has 1 nitrogen and oxygen atoms in total. The summed E-state index contributed by atoms with van der Waals surface area (Å²) in [5.74, 6) is 1.75. The highest BCUT2D eigenvalue weighted by Crippen LogP contribution is 2.05. The van der Waals surface area contributed by atoms with Gasteiger partial charge in [-0.1, -0.05) is 0 Å². The Kier molecular flexibility index (Phi) is 3.12. The lowest BCUT2D eigenvalue weighted by Crippen LogP contribution is -3.15. The van der Waals surface area contributed by atoms with Gasteiger partial charge in [-0.3, -0.25) is 0 Å². The highest BCUT2D eigenvalue weighted by atomic mass is 32.2. The smallest absolute Gasteiger partial charge is 0.445 e. The minimum atomic E-state index is -4.57. The van der Waals surface area contributed by atoms with E-state index in [1.54, 1.807) is 11.8 Å². The Morgan fingerprint density at radius 3 is 2.18 bits per heavy atom. The predicted octanol–water partition coefficient (Wildman–Crippen LogP) is 0.00470. The van der Waals surface area contributed by atoms with Gasteiger partial charge in [0.15, 0.2) is 0 Å². The van der Waals surface area contributed by atoms with E-state index in [1.165, 1.54) is 0 Å². The van der Waals surface area contributed by atoms with Crippen molar-refractivity contribution in [2.45, 2.75) is 0 Å². The molecule has 1 aliphatic heterocycles. The lowest BCUT2D eigenvalue weighted by molar-refractivity contribution is -0.887. The van der Waals surface area contributed by atoms with Crippen molar-refractivity contribution in [2.75, 3.05) is 31.0 Å². The minimum absolute atomic E-state index is 0.597. The molecule has 0 saturated carbocycles. The van der Waals surface area contributed by atoms with Crippen LogP contribution in [-0.2, 0) is 0 Å². The van der Waals surface area contributed by atoms with Crippen molar-refractivity contribution in [3.8, 4) is 0 Å². The summed E-state index contributed by atoms with van der Waals surface area (Å²) in [6.45, 7) is -3.23. The zero-order chi connectivity index (χ0) is 8.32. The number of rotatable bonds is 2. The van der Waals surface area contributed by atoms with Gasteiger partial charge in [0.25, 0.3) is 0 Å². The topological polar surface area (TPSA) is 4.44 Å². The van der Waals surface area contributed by atoms with E-state index in [2.05, 4.69) is 0 Å². The van der Waals surface area contributed by atoms with Crippen LogP contribution in [0.2, 0.25) is 0 Å². The Balaban J connectivity index is 2.24. The van der Waals surface area contributed by atoms with Gasteiger partial charge in [0.1, 0.15) is 0 Å². The van der Waals surface area contributed by atoms with E-state index in [9.17, 15) is 12.9 Å². The van der Waals surface area contributed by atoms with Crippen LogP contribution in [0, 0.1) is 0 Å². The van der Waals surface area contributed by atoms with Gasteiger partial charge in [0.05, 0.1) is 19.5 Å². The van der Waals surface area contributed by atoms with Gasteiger partial charge in [-0.15, -0.1) is 0 Å². The maximum Gasteiger partial charge on any atom is 0.531 e. The number of hydrogen-bond donors (Lipinski definition) is 1. The van der Waals surface area contributed by atoms with Gasteiger partial charge >= 0.3 is 6.98 Å². The van der Waals surface area contributed by atoms with Crippen LogP contribution in [0.1, 0.15) is 0 Å². The molecule has 66 valence electrons. The molecular weight excluding hydrogens is 174 g/mol. The van der Waals surface area contributed by atoms with E-state index in [4.69, 9.17) is 0 Å². The molecule has 6 heteroatoms. The zero-order valence-electron chi connectivity index (χ0n) is 6.16. The Bertz CT molecular complexity index is 123. The van der Waals surface area contributed by atoms with Crippen LogP contribution < -0.4 is 4.90 Å². The molecule has 0 atom stereocenters. The van der Waals surface area contributed by atoms with E-state index in [-0.39, 0.29) is 0 Å². The average molecular weight is 185 g/mol. The first-order valence-electron chi connectivity index (χ1n) is 3.70. The van der Waals surface area contributed by atoms with Gasteiger partial charge in [-0.05, 0) is 0 Å². The summed E-state index contributed by atoms with van der Waals surface area (Å²) >= 11 is 1.74. The van der Waals surface area contributed by atoms with Gasteiger partial charge in [0, 0.05) is 11.5 Å². The van der Waals surface area contributed by atoms with Gasteiger partial charge in [-0.25, -0.2) is 0 Å². The third-order valence-corrected chi connectivity index (χ3v) is 2.71. The third kappa shape index (κ3) is 3.91. The zero-order valence-corrected chi connectivity index (χ0v) is 6.97. The quantitative estimate of drug-likeness (QED) is 0.593. The Labute approximate surface area is 68.4 Å². The fourth-order valence-electron chi connectivity index (χ4n) is 1.19. The molecule has 1 aliphatic rings. The van der Waals surface area contributed by atoms with Crippen molar-refractivity contribution in [3.63, 3.8) is 0 Å². The molecule has 1 fully saturated rings. The number of thioether (sulfide) groups is 1. The van der Waals surface area contributed by atoms with Crippen LogP contribution >= 0.6 is 11.8 Å². The Hall–Kier alpha value is 0.165. The minimum Gasteiger partial charge on any atom is -0.445 e. The number of halogens is 3. The van der Waals surface area contributed by atoms with Crippen molar-refractivity contribution < 1.29 is 17.8 Å². The van der Waals surface area contributed by atoms with Crippen LogP contribution in [0.25, 0.3) is 0 Å². The molecular formula is C5H11BF3NS. The van der Waals surface area contributed by atoms with Crippen LogP contribution in [0.4, 0.5) is 12.9 Å². The molecule has 0 unspecified atom stereocenters. The molecule has 1 rings (SSSR count). The van der Waals surface area contributed by atoms with Gasteiger partial charge < -0.3 is 17.8 Å². The van der Waals surface area contributed by atoms with Crippen molar-refractivity contribution in [3.05, 3.63) is 0 Å². The second kappa shape index (κ2) is 3.71. The van der Waals surface area contributed by atoms with Crippen LogP contribution in [-0.4, -0.2) is 38.0 Å². The summed E-state index contributed by atoms with van der Waals surface area (Å²) in [5, 5.41) is 0. The molecule has 1 N–H and O–H groups in total. The average Bonchev–Trinajstić information content (AvgIpc) is 1.85. The standard InChI is InChI=1S/C5H10BF3NS/c7-6(8,9)5-10-1-3-11-4-2-10/h1-5H2/q-1/p+1. The van der Waals surface area contributed by atoms with E-state index in [0.29, 0.717) is 18.0 Å². The second-order valence-corrected chi connectivity index (χ2v) is 4.00. The molecule has 0 amide bonds. The normalized spacial score (nSPS) is 22.1. The Morgan fingerprint density at radius 2 is 1.73 bits per heavy atom. The number of hydrogen-bond acceptors (Lipinski definition) is 1. The first-order valence-corrected chi connectivity index (χ1v) is 4.86. The Morgan fingerprint density at radius 1 is 1.18 bits per heavy atom. The van der Waals surface area contributed by atoms with Gasteiger partial charge in [-0.2, -0.15) is 11.8 Å². The third-order valence-electron chi connectivity index (χ3n) is 1.72. The lowest BCUT2D eigenvalue weighted by atomic mass is 9.91. The fraction of sp³-hybridized carbons (Fsp3) is 1.00. The summed E-state index contributed by atoms with van der Waals surface area (Å²) < 4.78 is 35.6. The molecule has 1 saturated heterocycles. The highest BCUT2D eigenvalue weighted by molar-refractivity contribution is 7.99. The first-order chi connectivity index (χ1) is 5.08. The van der Waals surface area contributed by atoms with E-state index in [1.807, 2.05) is 0 Å². The molecule has 0 radical (unpaired) electrons. The number of quaternary nitrogens is 1. The molecule has 0 aromatic heterocycles. The number of nitrogens with one attached hydrogen (secondary N) is 1. The molecule has 1 heterocycles. The van der Waals surface area contributed by atoms with E-state index < -0.39 is 13.4 Å². The molecule has 0 aromatic rings. The first kappa shape index (κ1) is 9.25. The molecule has 0 spiro atoms. The molecule has 0 bridgehead atoms. The van der Waals surface area contributed by atoms with Crippen LogP contribution in [0.5, 0.6) is 0 Å². The maximum absolute atomic E-state index is 11.9. The van der Waals surface area contributed by atoms with Crippen molar-refractivity contribution in [1.29, 1.82) is 0 Å².